The second kappa shape index (κ2) is 10.9. The molecular weight excluding hydrogens is 464 g/mol. The van der Waals surface area contributed by atoms with Crippen LogP contribution in [0.1, 0.15) is 6.92 Å². The quantitative estimate of drug-likeness (QED) is 0.0716. The van der Waals surface area contributed by atoms with Crippen LogP contribution in [0.5, 0.6) is 5.75 Å². The highest BCUT2D eigenvalue weighted by Gasteiger charge is 2.16. The molecule has 0 amide bonds. The molecule has 1 aromatic heterocycles. The van der Waals surface area contributed by atoms with Crippen LogP contribution in [0.2, 0.25) is 0 Å². The molecule has 0 saturated carbocycles. The number of nitro benzene ring substituents is 1. The molecule has 0 radical (unpaired) electrons. The summed E-state index contributed by atoms with van der Waals surface area (Å²) in [6.45, 7) is 2.84. The standard InChI is InChI=1S/C25H26N6O5/c1-4-36-17-9-12-21-19(13-17)23(27-14-22(34-2)35-3)18-10-11-20(26)25(24(18)28-21)30-29-15-5-7-16(8-6-15)31(32)33/h5-13,22H,4,14,26H2,1-3H3,(H,27,28). The summed E-state index contributed by atoms with van der Waals surface area (Å²) in [4.78, 5) is 15.3. The Morgan fingerprint density at radius 3 is 2.47 bits per heavy atom. The van der Waals surface area contributed by atoms with E-state index in [1.54, 1.807) is 20.3 Å². The van der Waals surface area contributed by atoms with E-state index in [0.717, 1.165) is 22.2 Å². The first-order valence-corrected chi connectivity index (χ1v) is 11.2. The topological polar surface area (TPSA) is 146 Å². The van der Waals surface area contributed by atoms with E-state index >= 15 is 0 Å². The number of benzene rings is 3. The van der Waals surface area contributed by atoms with Gasteiger partial charge in [-0.05, 0) is 49.4 Å². The van der Waals surface area contributed by atoms with Crippen molar-refractivity contribution >= 4 is 50.2 Å². The minimum atomic E-state index is -0.470. The molecule has 0 aliphatic carbocycles. The summed E-state index contributed by atoms with van der Waals surface area (Å²) < 4.78 is 16.4. The lowest BCUT2D eigenvalue weighted by Gasteiger charge is -2.19. The molecule has 0 atom stereocenters. The molecule has 36 heavy (non-hydrogen) atoms. The molecule has 3 aromatic carbocycles. The zero-order valence-electron chi connectivity index (χ0n) is 20.1. The van der Waals surface area contributed by atoms with Crippen molar-refractivity contribution in [2.24, 2.45) is 10.2 Å². The number of hydrogen-bond acceptors (Lipinski definition) is 10. The largest absolute Gasteiger partial charge is 0.494 e. The highest BCUT2D eigenvalue weighted by molar-refractivity contribution is 6.12. The minimum absolute atomic E-state index is 0.0284. The fraction of sp³-hybridized carbons (Fsp3) is 0.240. The van der Waals surface area contributed by atoms with E-state index in [9.17, 15) is 10.1 Å². The predicted octanol–water partition coefficient (Wildman–Crippen LogP) is 5.72. The summed E-state index contributed by atoms with van der Waals surface area (Å²) in [5.74, 6) is 0.720. The lowest BCUT2D eigenvalue weighted by Crippen LogP contribution is -2.23. The Bertz CT molecular complexity index is 1420. The van der Waals surface area contributed by atoms with Gasteiger partial charge in [-0.1, -0.05) is 0 Å². The van der Waals surface area contributed by atoms with Crippen molar-refractivity contribution in [2.75, 3.05) is 38.4 Å². The van der Waals surface area contributed by atoms with Crippen molar-refractivity contribution in [3.8, 4) is 5.75 Å². The molecule has 0 unspecified atom stereocenters. The maximum Gasteiger partial charge on any atom is 0.269 e. The number of anilines is 2. The Balaban J connectivity index is 1.85. The Morgan fingerprint density at radius 2 is 1.81 bits per heavy atom. The first-order valence-electron chi connectivity index (χ1n) is 11.2. The highest BCUT2D eigenvalue weighted by Crippen LogP contribution is 2.40. The van der Waals surface area contributed by atoms with Gasteiger partial charge >= 0.3 is 0 Å². The zero-order valence-corrected chi connectivity index (χ0v) is 20.1. The van der Waals surface area contributed by atoms with Crippen molar-refractivity contribution in [3.05, 3.63) is 64.7 Å². The van der Waals surface area contributed by atoms with Gasteiger partial charge in [-0.3, -0.25) is 10.1 Å². The van der Waals surface area contributed by atoms with E-state index in [0.29, 0.717) is 41.2 Å². The smallest absolute Gasteiger partial charge is 0.269 e. The summed E-state index contributed by atoms with van der Waals surface area (Å²) in [6.07, 6.45) is -0.464. The van der Waals surface area contributed by atoms with Crippen LogP contribution in [-0.2, 0) is 9.47 Å². The van der Waals surface area contributed by atoms with Crippen LogP contribution in [0, 0.1) is 10.1 Å². The molecule has 0 fully saturated rings. The van der Waals surface area contributed by atoms with Crippen LogP contribution in [0.3, 0.4) is 0 Å². The third kappa shape index (κ3) is 5.16. The number of rotatable bonds is 10. The van der Waals surface area contributed by atoms with Gasteiger partial charge in [0.25, 0.3) is 5.69 Å². The van der Waals surface area contributed by atoms with E-state index in [1.807, 2.05) is 31.2 Å². The number of azo groups is 1. The first kappa shape index (κ1) is 24.8. The van der Waals surface area contributed by atoms with Crippen LogP contribution in [-0.4, -0.2) is 43.6 Å². The van der Waals surface area contributed by atoms with E-state index in [4.69, 9.17) is 24.9 Å². The second-order valence-electron chi connectivity index (χ2n) is 7.75. The van der Waals surface area contributed by atoms with Crippen LogP contribution < -0.4 is 15.8 Å². The van der Waals surface area contributed by atoms with Crippen molar-refractivity contribution in [2.45, 2.75) is 13.2 Å². The Labute approximate surface area is 207 Å². The first-order chi connectivity index (χ1) is 17.4. The van der Waals surface area contributed by atoms with Gasteiger partial charge < -0.3 is 25.3 Å². The van der Waals surface area contributed by atoms with Crippen molar-refractivity contribution in [3.63, 3.8) is 0 Å². The summed E-state index contributed by atoms with van der Waals surface area (Å²) in [5, 5.41) is 24.6. The van der Waals surface area contributed by atoms with E-state index < -0.39 is 11.2 Å². The maximum atomic E-state index is 10.9. The lowest BCUT2D eigenvalue weighted by atomic mass is 10.1. The number of nitrogens with zero attached hydrogens (tertiary/aromatic N) is 4. The number of nitrogen functional groups attached to an aromatic ring is 1. The van der Waals surface area contributed by atoms with Gasteiger partial charge in [-0.2, -0.15) is 5.11 Å². The number of nitro groups is 1. The molecule has 0 bridgehead atoms. The molecule has 11 nitrogen and oxygen atoms in total. The number of methoxy groups -OCH3 is 2. The van der Waals surface area contributed by atoms with Gasteiger partial charge in [0.15, 0.2) is 6.29 Å². The highest BCUT2D eigenvalue weighted by atomic mass is 16.7. The summed E-state index contributed by atoms with van der Waals surface area (Å²) in [7, 11) is 3.15. The van der Waals surface area contributed by atoms with E-state index in [2.05, 4.69) is 15.5 Å². The maximum absolute atomic E-state index is 10.9. The molecular formula is C25H26N6O5. The molecule has 4 aromatic rings. The third-order valence-corrected chi connectivity index (χ3v) is 5.53. The summed E-state index contributed by atoms with van der Waals surface area (Å²) in [6, 6.07) is 15.0. The lowest BCUT2D eigenvalue weighted by molar-refractivity contribution is -0.384. The molecule has 0 aliphatic rings. The minimum Gasteiger partial charge on any atom is -0.494 e. The molecule has 186 valence electrons. The van der Waals surface area contributed by atoms with Gasteiger partial charge in [0.2, 0.25) is 0 Å². The number of nitrogens with one attached hydrogen (secondary N) is 1. The third-order valence-electron chi connectivity index (χ3n) is 5.53. The van der Waals surface area contributed by atoms with Gasteiger partial charge in [0, 0.05) is 37.1 Å². The van der Waals surface area contributed by atoms with Gasteiger partial charge in [-0.25, -0.2) is 4.98 Å². The van der Waals surface area contributed by atoms with Gasteiger partial charge in [0.05, 0.1) is 40.7 Å². The monoisotopic (exact) mass is 490 g/mol. The average Bonchev–Trinajstić information content (AvgIpc) is 2.88. The number of fused-ring (bicyclic) bond motifs is 2. The van der Waals surface area contributed by atoms with Gasteiger partial charge in [0.1, 0.15) is 17.0 Å². The van der Waals surface area contributed by atoms with Crippen LogP contribution in [0.15, 0.2) is 64.8 Å². The zero-order chi connectivity index (χ0) is 25.7. The number of pyridine rings is 1. The van der Waals surface area contributed by atoms with Gasteiger partial charge in [-0.15, -0.1) is 5.11 Å². The second-order valence-corrected chi connectivity index (χ2v) is 7.75. The molecule has 1 heterocycles. The molecule has 0 saturated heterocycles. The normalized spacial score (nSPS) is 11.6. The number of non-ortho nitro benzene ring substituents is 1. The molecule has 11 heteroatoms. The Kier molecular flexibility index (Phi) is 7.52. The number of ether oxygens (including phenoxy) is 3. The molecule has 0 spiro atoms. The van der Waals surface area contributed by atoms with Crippen LogP contribution in [0.4, 0.5) is 28.4 Å². The average molecular weight is 491 g/mol. The molecule has 0 aliphatic heterocycles. The summed E-state index contributed by atoms with van der Waals surface area (Å²) >= 11 is 0. The fourth-order valence-electron chi connectivity index (χ4n) is 3.74. The Hall–Kier alpha value is -4.35. The van der Waals surface area contributed by atoms with Crippen molar-refractivity contribution in [1.82, 2.24) is 4.98 Å². The molecule has 4 rings (SSSR count). The summed E-state index contributed by atoms with van der Waals surface area (Å²) in [5.41, 5.74) is 9.52. The fourth-order valence-corrected chi connectivity index (χ4v) is 3.74. The van der Waals surface area contributed by atoms with Crippen LogP contribution in [0.25, 0.3) is 21.8 Å². The van der Waals surface area contributed by atoms with E-state index in [-0.39, 0.29) is 5.69 Å². The number of nitrogens with two attached hydrogens (primary N) is 1. The van der Waals surface area contributed by atoms with Crippen molar-refractivity contribution < 1.29 is 19.1 Å². The SMILES string of the molecule is CCOc1ccc2nc3c(N=Nc4ccc([N+](=O)[O-])cc4)c(N)ccc3c(NCC(OC)OC)c2c1. The van der Waals surface area contributed by atoms with Crippen LogP contribution >= 0.6 is 0 Å². The molecule has 3 N–H and O–H groups in total. The Morgan fingerprint density at radius 1 is 1.06 bits per heavy atom. The van der Waals surface area contributed by atoms with Crippen molar-refractivity contribution in [1.29, 1.82) is 0 Å². The number of aromatic nitrogens is 1. The predicted molar refractivity (Wildman–Crippen MR) is 138 cm³/mol. The van der Waals surface area contributed by atoms with E-state index in [1.165, 1.54) is 24.3 Å². The number of hydrogen-bond donors (Lipinski definition) is 2.